The molecule has 2 heterocycles. The van der Waals surface area contributed by atoms with Crippen LogP contribution in [0.2, 0.25) is 0 Å². The lowest BCUT2D eigenvalue weighted by atomic mass is 10.0. The summed E-state index contributed by atoms with van der Waals surface area (Å²) in [6, 6.07) is 0. The maximum absolute atomic E-state index is 5.73. The summed E-state index contributed by atoms with van der Waals surface area (Å²) in [6.07, 6.45) is 3.85. The Morgan fingerprint density at radius 3 is 3.06 bits per heavy atom. The normalized spacial score (nSPS) is 24.7. The van der Waals surface area contributed by atoms with E-state index in [1.165, 1.54) is 0 Å². The number of halogens is 1. The molecule has 1 N–H and O–H groups in total. The first kappa shape index (κ1) is 11.8. The third kappa shape index (κ3) is 2.20. The average Bonchev–Trinajstić information content (AvgIpc) is 2.70. The predicted octanol–water partition coefficient (Wildman–Crippen LogP) is 2.70. The molecule has 0 aliphatic carbocycles. The number of hydrogen-bond acceptors (Lipinski definition) is 4. The Morgan fingerprint density at radius 2 is 2.44 bits per heavy atom. The molecule has 1 aliphatic heterocycles. The predicted molar refractivity (Wildman–Crippen MR) is 66.4 cm³/mol. The molecule has 1 atom stereocenters. The van der Waals surface area contributed by atoms with Crippen LogP contribution in [-0.2, 0) is 10.3 Å². The molecule has 0 amide bonds. The third-order valence-corrected chi connectivity index (χ3v) is 3.36. The highest BCUT2D eigenvalue weighted by Gasteiger charge is 2.35. The molecule has 0 aromatic carbocycles. The van der Waals surface area contributed by atoms with E-state index in [4.69, 9.17) is 4.74 Å². The highest BCUT2D eigenvalue weighted by Crippen LogP contribution is 2.34. The summed E-state index contributed by atoms with van der Waals surface area (Å²) < 4.78 is 6.62. The van der Waals surface area contributed by atoms with Crippen LogP contribution in [0, 0.1) is 0 Å². The van der Waals surface area contributed by atoms with Crippen LogP contribution < -0.4 is 5.32 Å². The second kappa shape index (κ2) is 4.67. The Bertz CT molecular complexity index is 377. The molecule has 0 bridgehead atoms. The fraction of sp³-hybridized carbons (Fsp3) is 0.636. The van der Waals surface area contributed by atoms with Crippen molar-refractivity contribution in [3.05, 3.63) is 16.5 Å². The lowest BCUT2D eigenvalue weighted by molar-refractivity contribution is 0.00941. The van der Waals surface area contributed by atoms with E-state index in [9.17, 15) is 0 Å². The molecule has 4 nitrogen and oxygen atoms in total. The van der Waals surface area contributed by atoms with Gasteiger partial charge in [-0.05, 0) is 42.6 Å². The smallest absolute Gasteiger partial charge is 0.162 e. The minimum absolute atomic E-state index is 0.315. The van der Waals surface area contributed by atoms with Gasteiger partial charge in [0.25, 0.3) is 0 Å². The topological polar surface area (TPSA) is 47.0 Å². The molecule has 1 fully saturated rings. The van der Waals surface area contributed by atoms with Gasteiger partial charge in [0, 0.05) is 19.3 Å². The van der Waals surface area contributed by atoms with Crippen LogP contribution in [0.4, 0.5) is 5.82 Å². The van der Waals surface area contributed by atoms with Gasteiger partial charge in [0.15, 0.2) is 5.82 Å². The van der Waals surface area contributed by atoms with Gasteiger partial charge in [-0.2, -0.15) is 0 Å². The van der Waals surface area contributed by atoms with E-state index in [1.807, 2.05) is 6.92 Å². The van der Waals surface area contributed by atoms with Crippen molar-refractivity contribution in [1.29, 1.82) is 0 Å². The van der Waals surface area contributed by atoms with E-state index in [-0.39, 0.29) is 5.60 Å². The van der Waals surface area contributed by atoms with Gasteiger partial charge in [0.05, 0.1) is 4.47 Å². The van der Waals surface area contributed by atoms with Crippen molar-refractivity contribution in [3.63, 3.8) is 0 Å². The minimum Gasteiger partial charge on any atom is -0.369 e. The Labute approximate surface area is 104 Å². The van der Waals surface area contributed by atoms with Crippen molar-refractivity contribution in [1.82, 2.24) is 9.97 Å². The summed E-state index contributed by atoms with van der Waals surface area (Å²) in [7, 11) is 0. The van der Waals surface area contributed by atoms with E-state index < -0.39 is 0 Å². The minimum atomic E-state index is -0.315. The number of ether oxygens (including phenoxy) is 1. The van der Waals surface area contributed by atoms with Crippen molar-refractivity contribution in [3.8, 4) is 0 Å². The molecule has 1 saturated heterocycles. The summed E-state index contributed by atoms with van der Waals surface area (Å²) >= 11 is 3.43. The van der Waals surface area contributed by atoms with Gasteiger partial charge in [0.2, 0.25) is 0 Å². The van der Waals surface area contributed by atoms with Gasteiger partial charge in [-0.3, -0.25) is 0 Å². The van der Waals surface area contributed by atoms with Crippen LogP contribution in [0.25, 0.3) is 0 Å². The summed E-state index contributed by atoms with van der Waals surface area (Å²) in [6.45, 7) is 5.74. The number of nitrogens with zero attached hydrogens (tertiary/aromatic N) is 2. The second-order valence-electron chi connectivity index (χ2n) is 4.10. The van der Waals surface area contributed by atoms with Crippen molar-refractivity contribution in [2.24, 2.45) is 0 Å². The van der Waals surface area contributed by atoms with Gasteiger partial charge >= 0.3 is 0 Å². The van der Waals surface area contributed by atoms with Crippen molar-refractivity contribution in [2.45, 2.75) is 32.3 Å². The molecular weight excluding hydrogens is 270 g/mol. The highest BCUT2D eigenvalue weighted by molar-refractivity contribution is 9.10. The van der Waals surface area contributed by atoms with Crippen LogP contribution >= 0.6 is 15.9 Å². The second-order valence-corrected chi connectivity index (χ2v) is 4.96. The van der Waals surface area contributed by atoms with Crippen molar-refractivity contribution in [2.75, 3.05) is 18.5 Å². The fourth-order valence-corrected chi connectivity index (χ4v) is 2.20. The van der Waals surface area contributed by atoms with Gasteiger partial charge in [-0.25, -0.2) is 9.97 Å². The maximum atomic E-state index is 5.73. The van der Waals surface area contributed by atoms with Gasteiger partial charge in [-0.1, -0.05) is 0 Å². The van der Waals surface area contributed by atoms with E-state index in [0.29, 0.717) is 0 Å². The first-order valence-electron chi connectivity index (χ1n) is 5.56. The molecule has 1 aromatic rings. The number of rotatable bonds is 3. The molecule has 1 aliphatic rings. The summed E-state index contributed by atoms with van der Waals surface area (Å²) in [5.41, 5.74) is -0.315. The van der Waals surface area contributed by atoms with Crippen LogP contribution in [-0.4, -0.2) is 23.1 Å². The van der Waals surface area contributed by atoms with Crippen LogP contribution in [0.1, 0.15) is 32.5 Å². The standard InChI is InChI=1S/C11H16BrN3O/c1-3-13-9-8(12)7-14-10(15-9)11(2)5-4-6-16-11/h7H,3-6H2,1-2H3,(H,13,14,15). The molecule has 2 rings (SSSR count). The lowest BCUT2D eigenvalue weighted by Gasteiger charge is -2.21. The quantitative estimate of drug-likeness (QED) is 0.928. The first-order chi connectivity index (χ1) is 7.65. The van der Waals surface area contributed by atoms with Gasteiger partial charge < -0.3 is 10.1 Å². The Balaban J connectivity index is 2.31. The van der Waals surface area contributed by atoms with E-state index in [2.05, 4.69) is 38.1 Å². The molecule has 0 saturated carbocycles. The zero-order chi connectivity index (χ0) is 11.6. The monoisotopic (exact) mass is 285 g/mol. The van der Waals surface area contributed by atoms with Crippen molar-refractivity contribution >= 4 is 21.7 Å². The van der Waals surface area contributed by atoms with E-state index >= 15 is 0 Å². The van der Waals surface area contributed by atoms with Crippen LogP contribution in [0.3, 0.4) is 0 Å². The summed E-state index contributed by atoms with van der Waals surface area (Å²) in [4.78, 5) is 8.87. The van der Waals surface area contributed by atoms with E-state index in [0.717, 1.165) is 42.1 Å². The lowest BCUT2D eigenvalue weighted by Crippen LogP contribution is -2.24. The first-order valence-corrected chi connectivity index (χ1v) is 6.36. The number of aromatic nitrogens is 2. The Kier molecular flexibility index (Phi) is 3.44. The van der Waals surface area contributed by atoms with Crippen LogP contribution in [0.5, 0.6) is 0 Å². The maximum Gasteiger partial charge on any atom is 0.162 e. The van der Waals surface area contributed by atoms with Gasteiger partial charge in [-0.15, -0.1) is 0 Å². The zero-order valence-electron chi connectivity index (χ0n) is 9.59. The average molecular weight is 286 g/mol. The Hall–Kier alpha value is -0.680. The molecule has 88 valence electrons. The molecule has 16 heavy (non-hydrogen) atoms. The van der Waals surface area contributed by atoms with Crippen LogP contribution in [0.15, 0.2) is 10.7 Å². The number of anilines is 1. The third-order valence-electron chi connectivity index (χ3n) is 2.78. The largest absolute Gasteiger partial charge is 0.369 e. The molecule has 1 aromatic heterocycles. The van der Waals surface area contributed by atoms with Crippen molar-refractivity contribution < 1.29 is 4.74 Å². The molecular formula is C11H16BrN3O. The van der Waals surface area contributed by atoms with E-state index in [1.54, 1.807) is 6.20 Å². The fourth-order valence-electron chi connectivity index (χ4n) is 1.87. The SMILES string of the molecule is CCNc1nc(C2(C)CCCO2)ncc1Br. The zero-order valence-corrected chi connectivity index (χ0v) is 11.2. The molecule has 5 heteroatoms. The molecule has 0 spiro atoms. The van der Waals surface area contributed by atoms with Gasteiger partial charge in [0.1, 0.15) is 11.4 Å². The molecule has 1 unspecified atom stereocenters. The summed E-state index contributed by atoms with van der Waals surface area (Å²) in [5, 5.41) is 3.20. The summed E-state index contributed by atoms with van der Waals surface area (Å²) in [5.74, 6) is 1.60. The molecule has 0 radical (unpaired) electrons. The number of hydrogen-bond donors (Lipinski definition) is 1. The Morgan fingerprint density at radius 1 is 1.62 bits per heavy atom. The number of nitrogens with one attached hydrogen (secondary N) is 1. The highest BCUT2D eigenvalue weighted by atomic mass is 79.9.